The molecule has 2 aromatic rings. The van der Waals surface area contributed by atoms with E-state index in [0.29, 0.717) is 11.8 Å². The topological polar surface area (TPSA) is 160 Å². The van der Waals surface area contributed by atoms with Crippen LogP contribution in [0.15, 0.2) is 41.6 Å². The quantitative estimate of drug-likeness (QED) is 0.164. The fraction of sp³-hybridized carbons (Fsp3) is 0.462. The molecule has 0 saturated carbocycles. The second kappa shape index (κ2) is 14.2. The molecule has 1 aromatic heterocycles. The first-order valence-electron chi connectivity index (χ1n) is 12.8. The van der Waals surface area contributed by atoms with Crippen LogP contribution in [0, 0.1) is 0 Å². The van der Waals surface area contributed by atoms with Crippen LogP contribution in [-0.2, 0) is 6.42 Å². The maximum Gasteiger partial charge on any atom is 0.270 e. The van der Waals surface area contributed by atoms with Gasteiger partial charge in [-0.15, -0.1) is 11.8 Å². The summed E-state index contributed by atoms with van der Waals surface area (Å²) in [6.07, 6.45) is 5.74. The van der Waals surface area contributed by atoms with E-state index in [-0.39, 0.29) is 35.4 Å². The van der Waals surface area contributed by atoms with Crippen molar-refractivity contribution in [3.63, 3.8) is 0 Å². The number of aryl methyl sites for hydroxylation is 1. The molecule has 0 fully saturated rings. The summed E-state index contributed by atoms with van der Waals surface area (Å²) in [6, 6.07) is 7.22. The van der Waals surface area contributed by atoms with Crippen LogP contribution in [0.25, 0.3) is 0 Å². The number of hydrazine groups is 2. The van der Waals surface area contributed by atoms with E-state index in [9.17, 15) is 9.59 Å². The van der Waals surface area contributed by atoms with Crippen LogP contribution < -0.4 is 33.2 Å². The molecule has 0 radical (unpaired) electrons. The molecule has 37 heavy (non-hydrogen) atoms. The van der Waals surface area contributed by atoms with Crippen LogP contribution in [-0.4, -0.2) is 33.6 Å². The molecule has 1 aliphatic carbocycles. The third kappa shape index (κ3) is 7.36. The Balaban J connectivity index is 0.00000186. The third-order valence-electron chi connectivity index (χ3n) is 6.50. The van der Waals surface area contributed by atoms with Crippen molar-refractivity contribution >= 4 is 23.6 Å². The summed E-state index contributed by atoms with van der Waals surface area (Å²) in [4.78, 5) is 33.7. The Morgan fingerprint density at radius 2 is 1.78 bits per heavy atom. The van der Waals surface area contributed by atoms with E-state index >= 15 is 0 Å². The highest BCUT2D eigenvalue weighted by Gasteiger charge is 2.26. The second-order valence-corrected chi connectivity index (χ2v) is 9.92. The van der Waals surface area contributed by atoms with Crippen LogP contribution >= 0.6 is 11.8 Å². The number of benzene rings is 1. The zero-order valence-electron chi connectivity index (χ0n) is 21.7. The van der Waals surface area contributed by atoms with E-state index in [4.69, 9.17) is 11.7 Å². The average molecular weight is 527 g/mol. The van der Waals surface area contributed by atoms with Gasteiger partial charge in [-0.3, -0.25) is 21.3 Å². The van der Waals surface area contributed by atoms with E-state index in [2.05, 4.69) is 43.8 Å². The van der Waals surface area contributed by atoms with Crippen molar-refractivity contribution in [1.82, 2.24) is 31.5 Å². The van der Waals surface area contributed by atoms with Gasteiger partial charge >= 0.3 is 0 Å². The number of nitrogens with one attached hydrogen (secondary N) is 4. The zero-order chi connectivity index (χ0) is 26.8. The van der Waals surface area contributed by atoms with E-state index in [1.807, 2.05) is 43.8 Å². The number of hydrogen-bond acceptors (Lipinski definition) is 9. The van der Waals surface area contributed by atoms with Crippen LogP contribution in [0.4, 0.5) is 0 Å². The molecular formula is C26H38N8O2S. The molecule has 0 bridgehead atoms. The van der Waals surface area contributed by atoms with E-state index in [1.165, 1.54) is 18.0 Å². The number of thioether (sulfide) groups is 1. The lowest BCUT2D eigenvalue weighted by molar-refractivity contribution is 0.0931. The zero-order valence-corrected chi connectivity index (χ0v) is 22.5. The molecule has 8 N–H and O–H groups in total. The first kappa shape index (κ1) is 28.7. The Labute approximate surface area is 222 Å². The fourth-order valence-electron chi connectivity index (χ4n) is 4.43. The molecule has 1 aromatic carbocycles. The number of rotatable bonds is 9. The largest absolute Gasteiger partial charge is 0.347 e. The summed E-state index contributed by atoms with van der Waals surface area (Å²) < 4.78 is 0. The SMILES string of the molecule is CC.CCC1CCC(CNC(=O)c2cc(C(=O)NC3CCc4cc(C(NN)NN)ccc43)ncn2)=CS1. The van der Waals surface area contributed by atoms with Crippen LogP contribution in [0.5, 0.6) is 0 Å². The lowest BCUT2D eigenvalue weighted by Gasteiger charge is -2.20. The van der Waals surface area contributed by atoms with E-state index in [0.717, 1.165) is 48.8 Å². The average Bonchev–Trinajstić information content (AvgIpc) is 3.35. The number of hydrogen-bond donors (Lipinski definition) is 6. The molecule has 4 rings (SSSR count). The molecule has 2 unspecified atom stereocenters. The number of nitrogens with two attached hydrogens (primary N) is 2. The molecule has 1 aliphatic heterocycles. The highest BCUT2D eigenvalue weighted by molar-refractivity contribution is 8.02. The number of amides is 2. The van der Waals surface area contributed by atoms with Crippen LogP contribution in [0.3, 0.4) is 0 Å². The standard InChI is InChI=1S/C24H32N8O2S.C2H6/c1-2-17-6-3-14(12-35-17)11-27-23(33)20-10-21(29-13-28-20)24(34)30-19-8-5-15-9-16(4-7-18(15)19)22(31-25)32-26;1-2/h4,7,9-10,12-13,17,19,22,31-32H,2-3,5-6,8,11,25-26H2,1H3,(H,27,33)(H,30,34);1-2H3. The van der Waals surface area contributed by atoms with Crippen molar-refractivity contribution in [2.24, 2.45) is 11.7 Å². The van der Waals surface area contributed by atoms with Crippen molar-refractivity contribution in [2.75, 3.05) is 6.54 Å². The predicted molar refractivity (Wildman–Crippen MR) is 147 cm³/mol. The van der Waals surface area contributed by atoms with Crippen molar-refractivity contribution in [1.29, 1.82) is 0 Å². The van der Waals surface area contributed by atoms with Gasteiger partial charge in [0.05, 0.1) is 6.04 Å². The molecule has 2 aliphatic rings. The van der Waals surface area contributed by atoms with Gasteiger partial charge in [0.25, 0.3) is 11.8 Å². The fourth-order valence-corrected chi connectivity index (χ4v) is 5.46. The molecule has 0 spiro atoms. The van der Waals surface area contributed by atoms with Gasteiger partial charge in [-0.1, -0.05) is 39.0 Å². The molecular weight excluding hydrogens is 488 g/mol. The molecule has 11 heteroatoms. The minimum Gasteiger partial charge on any atom is -0.347 e. The minimum absolute atomic E-state index is 0.142. The third-order valence-corrected chi connectivity index (χ3v) is 7.92. The maximum absolute atomic E-state index is 12.9. The van der Waals surface area contributed by atoms with Gasteiger partial charge in [0.2, 0.25) is 0 Å². The summed E-state index contributed by atoms with van der Waals surface area (Å²) in [5, 5.41) is 8.75. The van der Waals surface area contributed by atoms with E-state index in [1.54, 1.807) is 0 Å². The Kier molecular flexibility index (Phi) is 11.0. The lowest BCUT2D eigenvalue weighted by atomic mass is 10.0. The second-order valence-electron chi connectivity index (χ2n) is 8.74. The van der Waals surface area contributed by atoms with Gasteiger partial charge in [-0.05, 0) is 59.8 Å². The van der Waals surface area contributed by atoms with Gasteiger partial charge in [0.15, 0.2) is 0 Å². The van der Waals surface area contributed by atoms with Gasteiger partial charge in [-0.2, -0.15) is 0 Å². The van der Waals surface area contributed by atoms with Crippen molar-refractivity contribution in [3.05, 3.63) is 69.7 Å². The van der Waals surface area contributed by atoms with Crippen molar-refractivity contribution in [2.45, 2.75) is 70.3 Å². The van der Waals surface area contributed by atoms with Crippen molar-refractivity contribution < 1.29 is 9.59 Å². The normalized spacial score (nSPS) is 18.4. The summed E-state index contributed by atoms with van der Waals surface area (Å²) in [5.74, 6) is 10.4. The monoisotopic (exact) mass is 526 g/mol. The van der Waals surface area contributed by atoms with Crippen molar-refractivity contribution in [3.8, 4) is 0 Å². The van der Waals surface area contributed by atoms with Gasteiger partial charge < -0.3 is 10.6 Å². The Morgan fingerprint density at radius 1 is 1.05 bits per heavy atom. The number of fused-ring (bicyclic) bond motifs is 1. The first-order valence-corrected chi connectivity index (χ1v) is 13.8. The smallest absolute Gasteiger partial charge is 0.270 e. The minimum atomic E-state index is -0.360. The summed E-state index contributed by atoms with van der Waals surface area (Å²) >= 11 is 1.83. The summed E-state index contributed by atoms with van der Waals surface area (Å²) in [7, 11) is 0. The Bertz CT molecular complexity index is 1110. The van der Waals surface area contributed by atoms with E-state index < -0.39 is 0 Å². The molecule has 0 saturated heterocycles. The molecule has 10 nitrogen and oxygen atoms in total. The highest BCUT2D eigenvalue weighted by Crippen LogP contribution is 2.33. The van der Waals surface area contributed by atoms with Gasteiger partial charge in [0.1, 0.15) is 23.9 Å². The number of carbonyl (C=O) groups is 2. The maximum atomic E-state index is 12.9. The number of carbonyl (C=O) groups excluding carboxylic acids is 2. The Morgan fingerprint density at radius 3 is 2.43 bits per heavy atom. The number of aromatic nitrogens is 2. The summed E-state index contributed by atoms with van der Waals surface area (Å²) in [5.41, 5.74) is 9.86. The van der Waals surface area contributed by atoms with Gasteiger partial charge in [0, 0.05) is 17.9 Å². The first-order chi connectivity index (χ1) is 18.0. The predicted octanol–water partition coefficient (Wildman–Crippen LogP) is 2.76. The number of nitrogens with zero attached hydrogens (tertiary/aromatic N) is 2. The molecule has 2 heterocycles. The van der Waals surface area contributed by atoms with Gasteiger partial charge in [-0.25, -0.2) is 20.8 Å². The highest BCUT2D eigenvalue weighted by atomic mass is 32.2. The van der Waals surface area contributed by atoms with Crippen LogP contribution in [0.2, 0.25) is 0 Å². The summed E-state index contributed by atoms with van der Waals surface area (Å²) in [6.45, 7) is 6.67. The molecule has 2 amide bonds. The molecule has 200 valence electrons. The molecule has 2 atom stereocenters. The lowest BCUT2D eigenvalue weighted by Crippen LogP contribution is -2.42. The Hall–Kier alpha value is -2.83. The van der Waals surface area contributed by atoms with Crippen LogP contribution in [0.1, 0.15) is 96.3 Å².